The minimum absolute atomic E-state index is 0.601. The normalized spacial score (nSPS) is 20.3. The fourth-order valence-corrected chi connectivity index (χ4v) is 2.58. The highest BCUT2D eigenvalue weighted by Gasteiger charge is 2.24. The molecule has 1 atom stereocenters. The van der Waals surface area contributed by atoms with E-state index in [0.717, 1.165) is 19.6 Å². The average Bonchev–Trinajstić information content (AvgIpc) is 2.39. The van der Waals surface area contributed by atoms with Crippen molar-refractivity contribution < 1.29 is 0 Å². The smallest absolute Gasteiger partial charge is 0.0437 e. The van der Waals surface area contributed by atoms with E-state index in [2.05, 4.69) is 67.3 Å². The number of nitrogens with one attached hydrogen (secondary N) is 1. The number of hydrogen-bond donors (Lipinski definition) is 1. The second kappa shape index (κ2) is 5.61. The van der Waals surface area contributed by atoms with Crippen molar-refractivity contribution in [1.29, 1.82) is 0 Å². The zero-order chi connectivity index (χ0) is 13.1. The Morgan fingerprint density at radius 1 is 1.22 bits per heavy atom. The molecule has 0 bridgehead atoms. The molecule has 1 N–H and O–H groups in total. The van der Waals surface area contributed by atoms with Gasteiger partial charge in [0.15, 0.2) is 0 Å². The van der Waals surface area contributed by atoms with Crippen molar-refractivity contribution in [2.75, 3.05) is 43.5 Å². The minimum atomic E-state index is 0.601. The quantitative estimate of drug-likeness (QED) is 0.883. The van der Waals surface area contributed by atoms with E-state index >= 15 is 0 Å². The lowest BCUT2D eigenvalue weighted by atomic mass is 9.99. The van der Waals surface area contributed by atoms with Gasteiger partial charge in [0.25, 0.3) is 0 Å². The van der Waals surface area contributed by atoms with Gasteiger partial charge in [-0.25, -0.2) is 0 Å². The summed E-state index contributed by atoms with van der Waals surface area (Å²) in [6.07, 6.45) is 0. The van der Waals surface area contributed by atoms with Gasteiger partial charge in [0, 0.05) is 51.1 Å². The highest BCUT2D eigenvalue weighted by Crippen LogP contribution is 2.24. The standard InChI is InChI=1S/C15H25N3/c1-12(2)15-11-16-9-10-18(15)14-7-5-13(6-8-14)17(3)4/h5-8,12,15-16H,9-11H2,1-4H3. The Hall–Kier alpha value is -1.22. The lowest BCUT2D eigenvalue weighted by Crippen LogP contribution is -2.53. The van der Waals surface area contributed by atoms with Crippen molar-refractivity contribution in [3.05, 3.63) is 24.3 Å². The first-order valence-corrected chi connectivity index (χ1v) is 6.84. The molecule has 0 aromatic heterocycles. The predicted molar refractivity (Wildman–Crippen MR) is 79.6 cm³/mol. The number of rotatable bonds is 3. The first kappa shape index (κ1) is 13.2. The van der Waals surface area contributed by atoms with Crippen LogP contribution in [0.2, 0.25) is 0 Å². The molecule has 1 heterocycles. The summed E-state index contributed by atoms with van der Waals surface area (Å²) in [6, 6.07) is 9.50. The van der Waals surface area contributed by atoms with Crippen LogP contribution in [0.4, 0.5) is 11.4 Å². The van der Waals surface area contributed by atoms with Gasteiger partial charge in [0.2, 0.25) is 0 Å². The Bertz CT molecular complexity index is 370. The largest absolute Gasteiger partial charge is 0.378 e. The zero-order valence-electron chi connectivity index (χ0n) is 12.0. The maximum absolute atomic E-state index is 3.50. The number of benzene rings is 1. The molecule has 1 aliphatic heterocycles. The summed E-state index contributed by atoms with van der Waals surface area (Å²) in [5.74, 6) is 0.673. The third-order valence-corrected chi connectivity index (χ3v) is 3.75. The van der Waals surface area contributed by atoms with Gasteiger partial charge in [-0.3, -0.25) is 0 Å². The van der Waals surface area contributed by atoms with Gasteiger partial charge < -0.3 is 15.1 Å². The van der Waals surface area contributed by atoms with Gasteiger partial charge in [0.1, 0.15) is 0 Å². The molecule has 3 heteroatoms. The fraction of sp³-hybridized carbons (Fsp3) is 0.600. The Morgan fingerprint density at radius 3 is 2.44 bits per heavy atom. The SMILES string of the molecule is CC(C)C1CNCCN1c1ccc(N(C)C)cc1. The van der Waals surface area contributed by atoms with Gasteiger partial charge >= 0.3 is 0 Å². The summed E-state index contributed by atoms with van der Waals surface area (Å²) < 4.78 is 0. The van der Waals surface area contributed by atoms with E-state index in [4.69, 9.17) is 0 Å². The van der Waals surface area contributed by atoms with Crippen LogP contribution >= 0.6 is 0 Å². The number of piperazine rings is 1. The zero-order valence-corrected chi connectivity index (χ0v) is 12.0. The van der Waals surface area contributed by atoms with E-state index in [0.29, 0.717) is 12.0 Å². The molecule has 0 spiro atoms. The Labute approximate surface area is 111 Å². The van der Waals surface area contributed by atoms with Crippen LogP contribution in [0.3, 0.4) is 0 Å². The van der Waals surface area contributed by atoms with E-state index in [1.54, 1.807) is 0 Å². The van der Waals surface area contributed by atoms with Crippen LogP contribution in [0.1, 0.15) is 13.8 Å². The van der Waals surface area contributed by atoms with Crippen molar-refractivity contribution in [2.24, 2.45) is 5.92 Å². The van der Waals surface area contributed by atoms with E-state index in [9.17, 15) is 0 Å². The summed E-state index contributed by atoms with van der Waals surface area (Å²) >= 11 is 0. The molecular formula is C15H25N3. The lowest BCUT2D eigenvalue weighted by molar-refractivity contribution is 0.390. The Kier molecular flexibility index (Phi) is 4.12. The van der Waals surface area contributed by atoms with Gasteiger partial charge in [-0.2, -0.15) is 0 Å². The minimum Gasteiger partial charge on any atom is -0.378 e. The third kappa shape index (κ3) is 2.78. The molecule has 0 amide bonds. The molecule has 100 valence electrons. The molecule has 1 fully saturated rings. The summed E-state index contributed by atoms with van der Waals surface area (Å²) in [6.45, 7) is 7.88. The van der Waals surface area contributed by atoms with Crippen molar-refractivity contribution >= 4 is 11.4 Å². The second-order valence-electron chi connectivity index (χ2n) is 5.62. The highest BCUT2D eigenvalue weighted by atomic mass is 15.2. The first-order chi connectivity index (χ1) is 8.59. The highest BCUT2D eigenvalue weighted by molar-refractivity contribution is 5.56. The monoisotopic (exact) mass is 247 g/mol. The molecule has 0 saturated carbocycles. The molecule has 2 rings (SSSR count). The predicted octanol–water partition coefficient (Wildman–Crippen LogP) is 2.19. The van der Waals surface area contributed by atoms with Gasteiger partial charge in [-0.1, -0.05) is 13.8 Å². The summed E-state index contributed by atoms with van der Waals surface area (Å²) in [5, 5.41) is 3.50. The van der Waals surface area contributed by atoms with Crippen molar-refractivity contribution in [1.82, 2.24) is 5.32 Å². The summed E-state index contributed by atoms with van der Waals surface area (Å²) in [5.41, 5.74) is 2.61. The Morgan fingerprint density at radius 2 is 1.89 bits per heavy atom. The molecule has 1 saturated heterocycles. The van der Waals surface area contributed by atoms with Crippen molar-refractivity contribution in [3.8, 4) is 0 Å². The van der Waals surface area contributed by atoms with E-state index in [-0.39, 0.29) is 0 Å². The molecule has 1 unspecified atom stereocenters. The van der Waals surface area contributed by atoms with Crippen LogP contribution in [0.5, 0.6) is 0 Å². The average molecular weight is 247 g/mol. The number of anilines is 2. The van der Waals surface area contributed by atoms with Crippen LogP contribution in [-0.4, -0.2) is 39.8 Å². The number of hydrogen-bond acceptors (Lipinski definition) is 3. The molecule has 3 nitrogen and oxygen atoms in total. The van der Waals surface area contributed by atoms with Crippen molar-refractivity contribution in [3.63, 3.8) is 0 Å². The van der Waals surface area contributed by atoms with Crippen LogP contribution in [-0.2, 0) is 0 Å². The van der Waals surface area contributed by atoms with Gasteiger partial charge in [-0.05, 0) is 30.2 Å². The molecule has 1 aliphatic rings. The molecule has 0 radical (unpaired) electrons. The molecule has 0 aliphatic carbocycles. The third-order valence-electron chi connectivity index (χ3n) is 3.75. The van der Waals surface area contributed by atoms with Crippen LogP contribution < -0.4 is 15.1 Å². The topological polar surface area (TPSA) is 18.5 Å². The maximum Gasteiger partial charge on any atom is 0.0437 e. The van der Waals surface area contributed by atoms with Crippen LogP contribution in [0.15, 0.2) is 24.3 Å². The molecule has 1 aromatic rings. The van der Waals surface area contributed by atoms with E-state index in [1.165, 1.54) is 11.4 Å². The van der Waals surface area contributed by atoms with Gasteiger partial charge in [-0.15, -0.1) is 0 Å². The second-order valence-corrected chi connectivity index (χ2v) is 5.62. The lowest BCUT2D eigenvalue weighted by Gasteiger charge is -2.40. The maximum atomic E-state index is 3.50. The van der Waals surface area contributed by atoms with E-state index in [1.807, 2.05) is 0 Å². The Balaban J connectivity index is 2.18. The molecular weight excluding hydrogens is 222 g/mol. The van der Waals surface area contributed by atoms with E-state index < -0.39 is 0 Å². The molecule has 18 heavy (non-hydrogen) atoms. The van der Waals surface area contributed by atoms with Crippen molar-refractivity contribution in [2.45, 2.75) is 19.9 Å². The van der Waals surface area contributed by atoms with Crippen LogP contribution in [0.25, 0.3) is 0 Å². The van der Waals surface area contributed by atoms with Gasteiger partial charge in [0.05, 0.1) is 0 Å². The molecule has 1 aromatic carbocycles. The van der Waals surface area contributed by atoms with Crippen LogP contribution in [0, 0.1) is 5.92 Å². The summed E-state index contributed by atoms with van der Waals surface area (Å²) in [7, 11) is 4.16. The first-order valence-electron chi connectivity index (χ1n) is 6.84. The summed E-state index contributed by atoms with van der Waals surface area (Å²) in [4.78, 5) is 4.68. The number of nitrogens with zero attached hydrogens (tertiary/aromatic N) is 2. The fourth-order valence-electron chi connectivity index (χ4n) is 2.58.